The number of oxime groups is 1. The number of aliphatic imine (C=N–C) groups is 1. The summed E-state index contributed by atoms with van der Waals surface area (Å²) >= 11 is 7.58. The van der Waals surface area contributed by atoms with Crippen LogP contribution in [0.25, 0.3) is 0 Å². The van der Waals surface area contributed by atoms with Gasteiger partial charge in [-0.3, -0.25) is 5.01 Å². The van der Waals surface area contributed by atoms with Gasteiger partial charge >= 0.3 is 0 Å². The summed E-state index contributed by atoms with van der Waals surface area (Å²) in [7, 11) is 0. The first-order valence-electron chi connectivity index (χ1n) is 6.68. The molecule has 4 rings (SSSR count). The normalized spacial score (nSPS) is 27.5. The minimum Gasteiger partial charge on any atom is -0.394 e. The van der Waals surface area contributed by atoms with E-state index in [1.807, 2.05) is 11.3 Å². The Morgan fingerprint density at radius 2 is 2.33 bits per heavy atom. The number of hydrogen-bond acceptors (Lipinski definition) is 6. The molecule has 3 heterocycles. The number of hydrazone groups is 1. The highest BCUT2D eigenvalue weighted by molar-refractivity contribution is 8.13. The Bertz CT molecular complexity index is 682. The molecule has 0 amide bonds. The SMILES string of the molecule is CSC1=NN2CCCC3=C2C(=N1)C(F)=C(Cl)C1=NOC[C@@H]13. The number of hydrogen-bond donors (Lipinski definition) is 0. The highest BCUT2D eigenvalue weighted by atomic mass is 35.5. The number of thioether (sulfide) groups is 1. The lowest BCUT2D eigenvalue weighted by atomic mass is 9.88. The number of halogens is 2. The average Bonchev–Trinajstić information content (AvgIpc) is 2.98. The minimum atomic E-state index is -0.538. The molecule has 0 radical (unpaired) electrons. The monoisotopic (exact) mass is 326 g/mol. The molecule has 3 aliphatic heterocycles. The highest BCUT2D eigenvalue weighted by Crippen LogP contribution is 2.41. The molecule has 110 valence electrons. The molecule has 0 saturated carbocycles. The van der Waals surface area contributed by atoms with E-state index >= 15 is 0 Å². The summed E-state index contributed by atoms with van der Waals surface area (Å²) in [6.45, 7) is 1.16. The van der Waals surface area contributed by atoms with E-state index in [-0.39, 0.29) is 16.7 Å². The van der Waals surface area contributed by atoms with Gasteiger partial charge in [0, 0.05) is 6.54 Å². The van der Waals surface area contributed by atoms with Gasteiger partial charge < -0.3 is 4.84 Å². The summed E-state index contributed by atoms with van der Waals surface area (Å²) in [6.07, 6.45) is 3.69. The van der Waals surface area contributed by atoms with Gasteiger partial charge in [-0.2, -0.15) is 0 Å². The second kappa shape index (κ2) is 4.84. The Morgan fingerprint density at radius 3 is 3.14 bits per heavy atom. The lowest BCUT2D eigenvalue weighted by Gasteiger charge is -2.33. The lowest BCUT2D eigenvalue weighted by molar-refractivity contribution is 0.158. The van der Waals surface area contributed by atoms with Gasteiger partial charge in [0.1, 0.15) is 23.1 Å². The molecule has 0 saturated heterocycles. The van der Waals surface area contributed by atoms with E-state index in [0.29, 0.717) is 17.5 Å². The summed E-state index contributed by atoms with van der Waals surface area (Å²) in [5.74, 6) is -0.635. The van der Waals surface area contributed by atoms with Crippen molar-refractivity contribution in [2.75, 3.05) is 19.4 Å². The zero-order valence-corrected chi connectivity index (χ0v) is 12.8. The van der Waals surface area contributed by atoms with E-state index < -0.39 is 5.83 Å². The van der Waals surface area contributed by atoms with Gasteiger partial charge in [0.25, 0.3) is 0 Å². The molecule has 5 nitrogen and oxygen atoms in total. The summed E-state index contributed by atoms with van der Waals surface area (Å²) in [6, 6.07) is 0. The van der Waals surface area contributed by atoms with Gasteiger partial charge in [-0.25, -0.2) is 9.38 Å². The second-order valence-electron chi connectivity index (χ2n) is 5.10. The molecule has 0 spiro atoms. The number of allylic oxidation sites excluding steroid dienone is 2. The molecule has 0 aromatic rings. The van der Waals surface area contributed by atoms with Crippen LogP contribution in [0.1, 0.15) is 12.8 Å². The summed E-state index contributed by atoms with van der Waals surface area (Å²) < 4.78 is 14.8. The minimum absolute atomic E-state index is 0.00736. The van der Waals surface area contributed by atoms with Crippen molar-refractivity contribution in [1.29, 1.82) is 0 Å². The van der Waals surface area contributed by atoms with Crippen molar-refractivity contribution in [2.24, 2.45) is 21.2 Å². The maximum absolute atomic E-state index is 14.8. The van der Waals surface area contributed by atoms with Crippen LogP contribution in [0.2, 0.25) is 0 Å². The molecule has 0 fully saturated rings. The van der Waals surface area contributed by atoms with E-state index in [1.165, 1.54) is 11.8 Å². The quantitative estimate of drug-likeness (QED) is 0.687. The molecule has 0 bridgehead atoms. The number of amidine groups is 1. The predicted octanol–water partition coefficient (Wildman–Crippen LogP) is 2.86. The standard InChI is InChI=1S/C13H12ClFN4OS/c1-21-13-16-11-9(15)8(14)10-7(5-20-18-10)6-3-2-4-19(17-13)12(6)11/h7H,2-5H2,1H3/t7-/m1/s1. The molecule has 21 heavy (non-hydrogen) atoms. The molecule has 8 heteroatoms. The van der Waals surface area contributed by atoms with Crippen LogP contribution in [0.15, 0.2) is 37.4 Å². The van der Waals surface area contributed by atoms with E-state index in [0.717, 1.165) is 30.7 Å². The van der Waals surface area contributed by atoms with Gasteiger partial charge in [-0.1, -0.05) is 28.5 Å². The topological polar surface area (TPSA) is 49.5 Å². The van der Waals surface area contributed by atoms with E-state index in [2.05, 4.69) is 15.2 Å². The fraction of sp³-hybridized carbons (Fsp3) is 0.462. The Labute approximate surface area is 130 Å². The number of rotatable bonds is 0. The van der Waals surface area contributed by atoms with E-state index in [1.54, 1.807) is 0 Å². The summed E-state index contributed by atoms with van der Waals surface area (Å²) in [4.78, 5) is 9.49. The van der Waals surface area contributed by atoms with Crippen LogP contribution in [-0.4, -0.2) is 41.0 Å². The van der Waals surface area contributed by atoms with Crippen LogP contribution < -0.4 is 0 Å². The summed E-state index contributed by atoms with van der Waals surface area (Å²) in [5, 5.41) is 10.8. The van der Waals surface area contributed by atoms with Gasteiger partial charge in [0.05, 0.1) is 11.6 Å². The van der Waals surface area contributed by atoms with Crippen molar-refractivity contribution in [3.63, 3.8) is 0 Å². The predicted molar refractivity (Wildman–Crippen MR) is 82.2 cm³/mol. The van der Waals surface area contributed by atoms with Gasteiger partial charge in [-0.15, -0.1) is 5.10 Å². The Kier molecular flexibility index (Phi) is 3.08. The molecule has 1 atom stereocenters. The molecular weight excluding hydrogens is 315 g/mol. The summed E-state index contributed by atoms with van der Waals surface area (Å²) in [5.41, 5.74) is 2.58. The lowest BCUT2D eigenvalue weighted by Crippen LogP contribution is -2.34. The molecular formula is C13H12ClFN4OS. The van der Waals surface area contributed by atoms with Crippen molar-refractivity contribution in [3.05, 3.63) is 22.1 Å². The number of fused-ring (bicyclic) bond motifs is 2. The third-order valence-electron chi connectivity index (χ3n) is 3.98. The third kappa shape index (κ3) is 1.87. The van der Waals surface area contributed by atoms with Crippen LogP contribution >= 0.6 is 23.4 Å². The first-order chi connectivity index (χ1) is 10.2. The van der Waals surface area contributed by atoms with Crippen LogP contribution in [0, 0.1) is 5.92 Å². The van der Waals surface area contributed by atoms with Crippen LogP contribution in [-0.2, 0) is 4.84 Å². The Balaban J connectivity index is 1.98. The maximum atomic E-state index is 14.8. The van der Waals surface area contributed by atoms with Gasteiger partial charge in [0.2, 0.25) is 5.17 Å². The highest BCUT2D eigenvalue weighted by Gasteiger charge is 2.42. The van der Waals surface area contributed by atoms with Crippen molar-refractivity contribution >= 4 is 40.0 Å². The molecule has 0 aromatic carbocycles. The molecule has 0 N–H and O–H groups in total. The Hall–Kier alpha value is -1.34. The van der Waals surface area contributed by atoms with Crippen LogP contribution in [0.3, 0.4) is 0 Å². The fourth-order valence-electron chi connectivity index (χ4n) is 3.04. The van der Waals surface area contributed by atoms with Crippen LogP contribution in [0.5, 0.6) is 0 Å². The van der Waals surface area contributed by atoms with E-state index in [9.17, 15) is 4.39 Å². The smallest absolute Gasteiger partial charge is 0.207 e. The van der Waals surface area contributed by atoms with Crippen LogP contribution in [0.4, 0.5) is 4.39 Å². The van der Waals surface area contributed by atoms with E-state index in [4.69, 9.17) is 16.4 Å². The molecule has 0 unspecified atom stereocenters. The third-order valence-corrected chi connectivity index (χ3v) is 4.88. The maximum Gasteiger partial charge on any atom is 0.207 e. The first-order valence-corrected chi connectivity index (χ1v) is 8.29. The molecule has 4 aliphatic rings. The first kappa shape index (κ1) is 13.3. The zero-order valence-electron chi connectivity index (χ0n) is 11.3. The fourth-order valence-corrected chi connectivity index (χ4v) is 3.66. The average molecular weight is 327 g/mol. The Morgan fingerprint density at radius 1 is 1.48 bits per heavy atom. The van der Waals surface area contributed by atoms with Crippen molar-refractivity contribution in [2.45, 2.75) is 12.8 Å². The molecule has 1 aliphatic carbocycles. The largest absolute Gasteiger partial charge is 0.394 e. The van der Waals surface area contributed by atoms with Crippen molar-refractivity contribution in [1.82, 2.24) is 5.01 Å². The van der Waals surface area contributed by atoms with Crippen molar-refractivity contribution < 1.29 is 9.23 Å². The molecule has 0 aromatic heterocycles. The van der Waals surface area contributed by atoms with Crippen molar-refractivity contribution in [3.8, 4) is 0 Å². The van der Waals surface area contributed by atoms with Gasteiger partial charge in [-0.05, 0) is 24.7 Å². The second-order valence-corrected chi connectivity index (χ2v) is 6.25. The number of nitrogens with zero attached hydrogens (tertiary/aromatic N) is 4. The zero-order chi connectivity index (χ0) is 14.6. The van der Waals surface area contributed by atoms with Gasteiger partial charge in [0.15, 0.2) is 5.83 Å².